The largest absolute Gasteiger partial charge is 0.494 e. The summed E-state index contributed by atoms with van der Waals surface area (Å²) >= 11 is 0.906. The number of nitrogens with zero attached hydrogens (tertiary/aromatic N) is 3. The summed E-state index contributed by atoms with van der Waals surface area (Å²) in [6, 6.07) is 30.4. The Morgan fingerprint density at radius 3 is 2.05 bits per heavy atom. The normalized spacial score (nSPS) is 16.5. The number of benzene rings is 4. The van der Waals surface area contributed by atoms with E-state index in [9.17, 15) is 14.0 Å². The van der Waals surface area contributed by atoms with Crippen LogP contribution in [0.3, 0.4) is 0 Å². The third-order valence-corrected chi connectivity index (χ3v) is 8.37. The lowest BCUT2D eigenvalue weighted by Crippen LogP contribution is -2.46. The molecule has 0 saturated carbocycles. The highest BCUT2D eigenvalue weighted by atomic mass is 32.2. The second kappa shape index (κ2) is 13.8. The summed E-state index contributed by atoms with van der Waals surface area (Å²) in [5.41, 5.74) is 2.54. The smallest absolute Gasteiger partial charge is 0.298 e. The van der Waals surface area contributed by atoms with Crippen molar-refractivity contribution in [2.24, 2.45) is 0 Å². The van der Waals surface area contributed by atoms with Gasteiger partial charge in [-0.25, -0.2) is 9.29 Å². The van der Waals surface area contributed by atoms with E-state index in [2.05, 4.69) is 34.1 Å². The van der Waals surface area contributed by atoms with Gasteiger partial charge in [-0.1, -0.05) is 30.3 Å². The second-order valence-electron chi connectivity index (χ2n) is 10.5. The van der Waals surface area contributed by atoms with Gasteiger partial charge in [-0.15, -0.1) is 0 Å². The molecule has 4 aromatic carbocycles. The molecule has 9 heteroatoms. The van der Waals surface area contributed by atoms with Gasteiger partial charge in [0.15, 0.2) is 0 Å². The molecule has 2 aliphatic rings. The molecule has 224 valence electrons. The zero-order chi connectivity index (χ0) is 30.3. The van der Waals surface area contributed by atoms with Gasteiger partial charge in [-0.05, 0) is 103 Å². The molecule has 44 heavy (non-hydrogen) atoms. The summed E-state index contributed by atoms with van der Waals surface area (Å²) in [5.74, 6) is 1.10. The Hall–Kier alpha value is -4.60. The quantitative estimate of drug-likeness (QED) is 0.137. The number of rotatable bonds is 10. The Labute approximate surface area is 260 Å². The molecule has 0 atom stereocenters. The van der Waals surface area contributed by atoms with Gasteiger partial charge < -0.3 is 14.4 Å². The summed E-state index contributed by atoms with van der Waals surface area (Å²) in [6.07, 6.45) is 2.60. The maximum atomic E-state index is 13.1. The van der Waals surface area contributed by atoms with Gasteiger partial charge in [0, 0.05) is 38.4 Å². The lowest BCUT2D eigenvalue weighted by Gasteiger charge is -2.36. The van der Waals surface area contributed by atoms with Gasteiger partial charge >= 0.3 is 0 Å². The summed E-state index contributed by atoms with van der Waals surface area (Å²) in [4.78, 5) is 32.3. The number of halogens is 1. The van der Waals surface area contributed by atoms with E-state index in [1.54, 1.807) is 66.7 Å². The van der Waals surface area contributed by atoms with Crippen LogP contribution in [0.2, 0.25) is 0 Å². The second-order valence-corrected chi connectivity index (χ2v) is 11.5. The number of amides is 2. The minimum Gasteiger partial charge on any atom is -0.494 e. The fourth-order valence-electron chi connectivity index (χ4n) is 5.15. The Bertz CT molecular complexity index is 1610. The predicted molar refractivity (Wildman–Crippen MR) is 173 cm³/mol. The number of imide groups is 1. The van der Waals surface area contributed by atoms with Crippen LogP contribution in [0, 0.1) is 5.82 Å². The van der Waals surface area contributed by atoms with Gasteiger partial charge in [0.1, 0.15) is 23.1 Å². The van der Waals surface area contributed by atoms with E-state index < -0.39 is 0 Å². The van der Waals surface area contributed by atoms with E-state index in [4.69, 9.17) is 9.47 Å². The Balaban J connectivity index is 0.967. The van der Waals surface area contributed by atoms with Crippen LogP contribution < -0.4 is 19.3 Å². The minimum atomic E-state index is -0.368. The van der Waals surface area contributed by atoms with Gasteiger partial charge in [0.25, 0.3) is 11.1 Å². The molecule has 0 radical (unpaired) electrons. The molecular weight excluding hydrogens is 577 g/mol. The van der Waals surface area contributed by atoms with Crippen LogP contribution in [0.25, 0.3) is 6.08 Å². The molecular formula is C35H32FN3O4S. The van der Waals surface area contributed by atoms with Crippen LogP contribution in [0.1, 0.15) is 12.0 Å². The SMILES string of the molecule is O=C1SC(=Cc2ccc(Oc3ccc(F)cc3)cc2)C(=O)N1c1ccc(OCCCN2CCN(c3ccccc3)CC2)cc1. The maximum absolute atomic E-state index is 13.1. The lowest BCUT2D eigenvalue weighted by molar-refractivity contribution is -0.113. The molecule has 2 saturated heterocycles. The van der Waals surface area contributed by atoms with Crippen molar-refractivity contribution in [3.05, 3.63) is 119 Å². The highest BCUT2D eigenvalue weighted by molar-refractivity contribution is 8.19. The molecule has 2 fully saturated rings. The molecule has 4 aromatic rings. The average Bonchev–Trinajstić information content (AvgIpc) is 3.34. The lowest BCUT2D eigenvalue weighted by atomic mass is 10.2. The number of carbonyl (C=O) groups excluding carboxylic acids is 2. The number of hydrogen-bond donors (Lipinski definition) is 0. The monoisotopic (exact) mass is 609 g/mol. The number of para-hydroxylation sites is 1. The first-order chi connectivity index (χ1) is 21.5. The van der Waals surface area contributed by atoms with Crippen molar-refractivity contribution < 1.29 is 23.5 Å². The van der Waals surface area contributed by atoms with Crippen LogP contribution in [0.5, 0.6) is 17.2 Å². The van der Waals surface area contributed by atoms with E-state index in [1.165, 1.54) is 22.7 Å². The third-order valence-electron chi connectivity index (χ3n) is 7.50. The van der Waals surface area contributed by atoms with Gasteiger partial charge in [-0.3, -0.25) is 14.5 Å². The summed E-state index contributed by atoms with van der Waals surface area (Å²) in [7, 11) is 0. The molecule has 0 unspecified atom stereocenters. The molecule has 0 aliphatic carbocycles. The zero-order valence-corrected chi connectivity index (χ0v) is 24.9. The number of piperazine rings is 1. The van der Waals surface area contributed by atoms with E-state index in [-0.39, 0.29) is 17.0 Å². The Morgan fingerprint density at radius 1 is 0.727 bits per heavy atom. The molecule has 6 rings (SSSR count). The fourth-order valence-corrected chi connectivity index (χ4v) is 5.99. The molecule has 0 spiro atoms. The molecule has 0 bridgehead atoms. The Kier molecular flexibility index (Phi) is 9.24. The standard InChI is InChI=1S/C35H32FN3O4S/c36-27-9-15-32(16-10-27)43-31-13-7-26(8-14-31)25-33-34(40)39(35(41)44-33)29-11-17-30(18-12-29)42-24-4-19-37-20-22-38(23-21-37)28-5-2-1-3-6-28/h1-3,5-18,25H,4,19-24H2. The van der Waals surface area contributed by atoms with E-state index in [1.807, 2.05) is 6.07 Å². The highest BCUT2D eigenvalue weighted by Gasteiger charge is 2.36. The zero-order valence-electron chi connectivity index (χ0n) is 24.1. The highest BCUT2D eigenvalue weighted by Crippen LogP contribution is 2.36. The molecule has 2 aliphatic heterocycles. The van der Waals surface area contributed by atoms with E-state index >= 15 is 0 Å². The van der Waals surface area contributed by atoms with Crippen molar-refractivity contribution in [2.75, 3.05) is 49.1 Å². The fraction of sp³-hybridized carbons (Fsp3) is 0.200. The summed E-state index contributed by atoms with van der Waals surface area (Å²) in [5, 5.41) is -0.349. The Morgan fingerprint density at radius 2 is 1.36 bits per heavy atom. The van der Waals surface area contributed by atoms with Crippen LogP contribution in [-0.4, -0.2) is 55.4 Å². The van der Waals surface area contributed by atoms with Crippen LogP contribution in [0.15, 0.2) is 108 Å². The number of anilines is 2. The molecule has 0 aromatic heterocycles. The average molecular weight is 610 g/mol. The summed E-state index contributed by atoms with van der Waals surface area (Å²) < 4.78 is 24.8. The van der Waals surface area contributed by atoms with Gasteiger partial charge in [-0.2, -0.15) is 0 Å². The van der Waals surface area contributed by atoms with E-state index in [0.29, 0.717) is 34.4 Å². The topological polar surface area (TPSA) is 62.3 Å². The molecule has 2 heterocycles. The van der Waals surface area contributed by atoms with Gasteiger partial charge in [0.2, 0.25) is 0 Å². The number of thioether (sulfide) groups is 1. The number of hydrogen-bond acceptors (Lipinski definition) is 7. The van der Waals surface area contributed by atoms with Crippen molar-refractivity contribution in [1.29, 1.82) is 0 Å². The predicted octanol–water partition coefficient (Wildman–Crippen LogP) is 7.45. The van der Waals surface area contributed by atoms with Crippen LogP contribution in [-0.2, 0) is 4.79 Å². The van der Waals surface area contributed by atoms with Crippen molar-refractivity contribution in [1.82, 2.24) is 4.90 Å². The number of ether oxygens (including phenoxy) is 2. The number of carbonyl (C=O) groups is 2. The third kappa shape index (κ3) is 7.30. The van der Waals surface area contributed by atoms with E-state index in [0.717, 1.165) is 56.5 Å². The van der Waals surface area contributed by atoms with Crippen molar-refractivity contribution >= 4 is 40.4 Å². The first kappa shape index (κ1) is 29.5. The molecule has 0 N–H and O–H groups in total. The van der Waals surface area contributed by atoms with Crippen LogP contribution in [0.4, 0.5) is 20.6 Å². The molecule has 2 amide bonds. The van der Waals surface area contributed by atoms with Gasteiger partial charge in [0.05, 0.1) is 17.2 Å². The first-order valence-electron chi connectivity index (χ1n) is 14.6. The van der Waals surface area contributed by atoms with Crippen LogP contribution >= 0.6 is 11.8 Å². The first-order valence-corrected chi connectivity index (χ1v) is 15.4. The van der Waals surface area contributed by atoms with Crippen molar-refractivity contribution in [2.45, 2.75) is 6.42 Å². The maximum Gasteiger partial charge on any atom is 0.298 e. The van der Waals surface area contributed by atoms with Crippen molar-refractivity contribution in [3.8, 4) is 17.2 Å². The molecule has 7 nitrogen and oxygen atoms in total. The van der Waals surface area contributed by atoms with Crippen molar-refractivity contribution in [3.63, 3.8) is 0 Å². The summed E-state index contributed by atoms with van der Waals surface area (Å²) in [6.45, 7) is 5.69. The minimum absolute atomic E-state index is 0.332.